The molecule has 2 aromatic carbocycles. The lowest BCUT2D eigenvalue weighted by Gasteiger charge is -2.21. The summed E-state index contributed by atoms with van der Waals surface area (Å²) in [6.07, 6.45) is 1.58. The second-order valence-electron chi connectivity index (χ2n) is 5.38. The fourth-order valence-corrected chi connectivity index (χ4v) is 2.59. The van der Waals surface area contributed by atoms with E-state index < -0.39 is 0 Å². The topological polar surface area (TPSA) is 55.0 Å². The Morgan fingerprint density at radius 3 is 2.38 bits per heavy atom. The first-order valence-electron chi connectivity index (χ1n) is 6.87. The van der Waals surface area contributed by atoms with Gasteiger partial charge in [-0.2, -0.15) is 0 Å². The van der Waals surface area contributed by atoms with E-state index in [-0.39, 0.29) is 0 Å². The Bertz CT molecular complexity index is 791. The van der Waals surface area contributed by atoms with Gasteiger partial charge in [0.15, 0.2) is 0 Å². The molecule has 0 aliphatic heterocycles. The van der Waals surface area contributed by atoms with Crippen LogP contribution in [0.5, 0.6) is 0 Å². The first kappa shape index (κ1) is 13.4. The average Bonchev–Trinajstić information content (AvgIpc) is 2.44. The van der Waals surface area contributed by atoms with E-state index >= 15 is 0 Å². The van der Waals surface area contributed by atoms with Gasteiger partial charge in [0, 0.05) is 23.8 Å². The highest BCUT2D eigenvalue weighted by atomic mass is 15.2. The van der Waals surface area contributed by atoms with Gasteiger partial charge in [-0.05, 0) is 55.3 Å². The lowest BCUT2D eigenvalue weighted by molar-refractivity contribution is 1.11. The highest BCUT2D eigenvalue weighted by Crippen LogP contribution is 2.29. The molecule has 0 saturated heterocycles. The van der Waals surface area contributed by atoms with Gasteiger partial charge in [-0.1, -0.05) is 6.07 Å². The third kappa shape index (κ3) is 2.52. The van der Waals surface area contributed by atoms with E-state index in [1.807, 2.05) is 25.2 Å². The molecular weight excluding hydrogens is 260 g/mol. The molecule has 1 heterocycles. The van der Waals surface area contributed by atoms with Gasteiger partial charge >= 0.3 is 0 Å². The van der Waals surface area contributed by atoms with Crippen molar-refractivity contribution in [3.05, 3.63) is 53.9 Å². The number of rotatable bonds is 2. The largest absolute Gasteiger partial charge is 0.399 e. The highest BCUT2D eigenvalue weighted by molar-refractivity contribution is 5.92. The standard InChI is InChI=1S/C17H18N4/c1-11-6-12(2)8-14(7-11)21(3)17-15-5-4-13(18)9-16(15)19-10-20-17/h4-10H,18H2,1-3H3. The predicted octanol–water partition coefficient (Wildman–Crippen LogP) is 3.60. The summed E-state index contributed by atoms with van der Waals surface area (Å²) in [4.78, 5) is 10.8. The van der Waals surface area contributed by atoms with Gasteiger partial charge in [0.25, 0.3) is 0 Å². The van der Waals surface area contributed by atoms with Gasteiger partial charge < -0.3 is 10.6 Å². The monoisotopic (exact) mass is 278 g/mol. The molecule has 0 amide bonds. The fourth-order valence-electron chi connectivity index (χ4n) is 2.59. The summed E-state index contributed by atoms with van der Waals surface area (Å²) in [7, 11) is 2.02. The second-order valence-corrected chi connectivity index (χ2v) is 5.38. The van der Waals surface area contributed by atoms with Gasteiger partial charge in [-0.25, -0.2) is 9.97 Å². The number of aryl methyl sites for hydroxylation is 2. The number of fused-ring (bicyclic) bond motifs is 1. The van der Waals surface area contributed by atoms with E-state index in [1.165, 1.54) is 11.1 Å². The first-order valence-corrected chi connectivity index (χ1v) is 6.87. The van der Waals surface area contributed by atoms with Crippen LogP contribution in [0.3, 0.4) is 0 Å². The molecule has 4 heteroatoms. The summed E-state index contributed by atoms with van der Waals surface area (Å²) in [5, 5.41) is 0.994. The van der Waals surface area contributed by atoms with Crippen molar-refractivity contribution >= 4 is 28.1 Å². The molecule has 21 heavy (non-hydrogen) atoms. The van der Waals surface area contributed by atoms with Crippen LogP contribution in [0.25, 0.3) is 10.9 Å². The van der Waals surface area contributed by atoms with Crippen LogP contribution in [0.1, 0.15) is 11.1 Å². The molecule has 0 fully saturated rings. The van der Waals surface area contributed by atoms with Crippen LogP contribution in [0, 0.1) is 13.8 Å². The van der Waals surface area contributed by atoms with Crippen molar-refractivity contribution in [2.45, 2.75) is 13.8 Å². The van der Waals surface area contributed by atoms with E-state index in [2.05, 4.69) is 46.9 Å². The summed E-state index contributed by atoms with van der Waals surface area (Å²) >= 11 is 0. The van der Waals surface area contributed by atoms with Gasteiger partial charge in [0.2, 0.25) is 0 Å². The maximum absolute atomic E-state index is 5.83. The minimum Gasteiger partial charge on any atom is -0.399 e. The van der Waals surface area contributed by atoms with Crippen LogP contribution < -0.4 is 10.6 Å². The molecule has 106 valence electrons. The van der Waals surface area contributed by atoms with E-state index in [1.54, 1.807) is 6.33 Å². The van der Waals surface area contributed by atoms with Crippen molar-refractivity contribution in [3.8, 4) is 0 Å². The highest BCUT2D eigenvalue weighted by Gasteiger charge is 2.11. The third-order valence-corrected chi connectivity index (χ3v) is 3.55. The molecule has 0 spiro atoms. The number of hydrogen-bond donors (Lipinski definition) is 1. The molecule has 2 N–H and O–H groups in total. The zero-order valence-electron chi connectivity index (χ0n) is 12.5. The fraction of sp³-hybridized carbons (Fsp3) is 0.176. The Balaban J connectivity index is 2.15. The Kier molecular flexibility index (Phi) is 3.22. The minimum absolute atomic E-state index is 0.709. The molecule has 3 aromatic rings. The number of aromatic nitrogens is 2. The van der Waals surface area contributed by atoms with Crippen LogP contribution in [-0.2, 0) is 0 Å². The SMILES string of the molecule is Cc1cc(C)cc(N(C)c2ncnc3cc(N)ccc23)c1. The Morgan fingerprint density at radius 2 is 1.67 bits per heavy atom. The van der Waals surface area contributed by atoms with Crippen LogP contribution in [-0.4, -0.2) is 17.0 Å². The van der Waals surface area contributed by atoms with Crippen molar-refractivity contribution < 1.29 is 0 Å². The average molecular weight is 278 g/mol. The zero-order valence-corrected chi connectivity index (χ0v) is 12.5. The van der Waals surface area contributed by atoms with Gasteiger partial charge in [-0.3, -0.25) is 0 Å². The second kappa shape index (κ2) is 5.05. The number of benzene rings is 2. The van der Waals surface area contributed by atoms with Gasteiger partial charge in [0.05, 0.1) is 5.52 Å². The molecule has 0 bridgehead atoms. The molecular formula is C17H18N4. The Hall–Kier alpha value is -2.62. The summed E-state index contributed by atoms with van der Waals surface area (Å²) < 4.78 is 0. The van der Waals surface area contributed by atoms with E-state index in [9.17, 15) is 0 Å². The molecule has 3 rings (SSSR count). The van der Waals surface area contributed by atoms with Gasteiger partial charge in [0.1, 0.15) is 12.1 Å². The molecule has 4 nitrogen and oxygen atoms in total. The van der Waals surface area contributed by atoms with E-state index in [0.717, 1.165) is 22.4 Å². The van der Waals surface area contributed by atoms with Crippen molar-refractivity contribution in [2.75, 3.05) is 17.7 Å². The van der Waals surface area contributed by atoms with E-state index in [0.29, 0.717) is 5.69 Å². The molecule has 1 aromatic heterocycles. The molecule has 0 atom stereocenters. The molecule has 0 aliphatic carbocycles. The molecule has 0 radical (unpaired) electrons. The molecule has 0 aliphatic rings. The molecule has 0 unspecified atom stereocenters. The van der Waals surface area contributed by atoms with Crippen LogP contribution >= 0.6 is 0 Å². The van der Waals surface area contributed by atoms with Crippen molar-refractivity contribution in [3.63, 3.8) is 0 Å². The summed E-state index contributed by atoms with van der Waals surface area (Å²) in [5.41, 5.74) is 11.0. The zero-order chi connectivity index (χ0) is 15.0. The minimum atomic E-state index is 0.709. The summed E-state index contributed by atoms with van der Waals surface area (Å²) in [6, 6.07) is 12.2. The number of nitrogens with two attached hydrogens (primary N) is 1. The maximum atomic E-state index is 5.83. The Labute approximate surface area is 124 Å². The number of anilines is 3. The van der Waals surface area contributed by atoms with Crippen LogP contribution in [0.2, 0.25) is 0 Å². The van der Waals surface area contributed by atoms with Crippen LogP contribution in [0.4, 0.5) is 17.2 Å². The normalized spacial score (nSPS) is 10.8. The summed E-state index contributed by atoms with van der Waals surface area (Å²) in [5.74, 6) is 0.880. The third-order valence-electron chi connectivity index (χ3n) is 3.55. The summed E-state index contributed by atoms with van der Waals surface area (Å²) in [6.45, 7) is 4.20. The quantitative estimate of drug-likeness (QED) is 0.728. The lowest BCUT2D eigenvalue weighted by atomic mass is 10.1. The van der Waals surface area contributed by atoms with Crippen molar-refractivity contribution in [2.24, 2.45) is 0 Å². The smallest absolute Gasteiger partial charge is 0.144 e. The molecule has 0 saturated carbocycles. The Morgan fingerprint density at radius 1 is 0.952 bits per heavy atom. The predicted molar refractivity (Wildman–Crippen MR) is 87.9 cm³/mol. The number of hydrogen-bond acceptors (Lipinski definition) is 4. The maximum Gasteiger partial charge on any atom is 0.144 e. The van der Waals surface area contributed by atoms with E-state index in [4.69, 9.17) is 5.73 Å². The van der Waals surface area contributed by atoms with Crippen molar-refractivity contribution in [1.82, 2.24) is 9.97 Å². The lowest BCUT2D eigenvalue weighted by Crippen LogP contribution is -2.12. The van der Waals surface area contributed by atoms with Crippen molar-refractivity contribution in [1.29, 1.82) is 0 Å². The number of nitrogens with zero attached hydrogens (tertiary/aromatic N) is 3. The van der Waals surface area contributed by atoms with Gasteiger partial charge in [-0.15, -0.1) is 0 Å². The first-order chi connectivity index (χ1) is 10.0. The number of nitrogen functional groups attached to an aromatic ring is 1. The van der Waals surface area contributed by atoms with Crippen LogP contribution in [0.15, 0.2) is 42.7 Å².